The second-order valence-corrected chi connectivity index (χ2v) is 5.49. The summed E-state index contributed by atoms with van der Waals surface area (Å²) >= 11 is 0. The maximum atomic E-state index is 11.7. The van der Waals surface area contributed by atoms with Crippen LogP contribution in [0.15, 0.2) is 24.3 Å². The van der Waals surface area contributed by atoms with E-state index in [-0.39, 0.29) is 13.2 Å². The van der Waals surface area contributed by atoms with E-state index in [1.54, 1.807) is 4.68 Å². The van der Waals surface area contributed by atoms with E-state index in [1.807, 2.05) is 31.2 Å². The lowest BCUT2D eigenvalue weighted by Gasteiger charge is -2.09. The smallest absolute Gasteiger partial charge is 0.344 e. The van der Waals surface area contributed by atoms with Crippen LogP contribution in [0.3, 0.4) is 0 Å². The van der Waals surface area contributed by atoms with Gasteiger partial charge in [-0.3, -0.25) is 0 Å². The molecule has 1 heterocycles. The minimum Gasteiger partial charge on any atom is -0.482 e. The molecule has 2 rings (SSSR count). The summed E-state index contributed by atoms with van der Waals surface area (Å²) in [5.41, 5.74) is 1.22. The lowest BCUT2D eigenvalue weighted by Crippen LogP contribution is -2.16. The second-order valence-electron chi connectivity index (χ2n) is 5.49. The zero-order chi connectivity index (χ0) is 16.7. The highest BCUT2D eigenvalue weighted by atomic mass is 16.6. The van der Waals surface area contributed by atoms with Crippen LogP contribution in [0.4, 0.5) is 0 Å². The Hall–Kier alpha value is -2.44. The molecule has 0 spiro atoms. The first-order valence-corrected chi connectivity index (χ1v) is 7.73. The quantitative estimate of drug-likeness (QED) is 0.695. The number of aromatic nitrogens is 4. The number of nitrogens with zero attached hydrogens (tertiary/aromatic N) is 4. The molecule has 2 aromatic rings. The summed E-state index contributed by atoms with van der Waals surface area (Å²) in [7, 11) is 0. The summed E-state index contributed by atoms with van der Waals surface area (Å²) in [6.45, 7) is 6.87. The van der Waals surface area contributed by atoms with E-state index in [2.05, 4.69) is 29.4 Å². The molecule has 7 heteroatoms. The fraction of sp³-hybridized carbons (Fsp3) is 0.500. The fourth-order valence-electron chi connectivity index (χ4n) is 1.99. The molecule has 0 aliphatic rings. The maximum Gasteiger partial charge on any atom is 0.344 e. The molecule has 1 aromatic carbocycles. The first-order valence-electron chi connectivity index (χ1n) is 7.73. The first-order chi connectivity index (χ1) is 11.1. The molecule has 0 radical (unpaired) electrons. The van der Waals surface area contributed by atoms with Gasteiger partial charge >= 0.3 is 5.97 Å². The highest BCUT2D eigenvalue weighted by Gasteiger charge is 2.10. The molecule has 23 heavy (non-hydrogen) atoms. The van der Waals surface area contributed by atoms with Crippen molar-refractivity contribution in [1.29, 1.82) is 0 Å². The van der Waals surface area contributed by atoms with Gasteiger partial charge < -0.3 is 9.47 Å². The van der Waals surface area contributed by atoms with E-state index in [4.69, 9.17) is 9.47 Å². The lowest BCUT2D eigenvalue weighted by atomic mass is 10.0. The number of esters is 1. The third kappa shape index (κ3) is 5.05. The van der Waals surface area contributed by atoms with Crippen LogP contribution < -0.4 is 4.74 Å². The number of carbonyl (C=O) groups excluding carboxylic acids is 1. The SMILES string of the molecule is CCCn1nnnc1COC(=O)COc1ccc(C(C)C)cc1. The van der Waals surface area contributed by atoms with E-state index in [9.17, 15) is 4.79 Å². The molecular weight excluding hydrogens is 296 g/mol. The Labute approximate surface area is 135 Å². The number of benzene rings is 1. The van der Waals surface area contributed by atoms with Crippen molar-refractivity contribution in [2.24, 2.45) is 0 Å². The Morgan fingerprint density at radius 3 is 2.65 bits per heavy atom. The minimum atomic E-state index is -0.455. The van der Waals surface area contributed by atoms with E-state index in [0.717, 1.165) is 6.42 Å². The standard InChI is InChI=1S/C16H22N4O3/c1-4-9-20-15(17-18-19-20)10-23-16(21)11-22-14-7-5-13(6-8-14)12(2)3/h5-8,12H,4,9-11H2,1-3H3. The number of rotatable bonds is 8. The lowest BCUT2D eigenvalue weighted by molar-refractivity contribution is -0.147. The van der Waals surface area contributed by atoms with Crippen molar-refractivity contribution in [3.05, 3.63) is 35.7 Å². The topological polar surface area (TPSA) is 79.1 Å². The van der Waals surface area contributed by atoms with Crippen LogP contribution in [-0.2, 0) is 22.7 Å². The van der Waals surface area contributed by atoms with Gasteiger partial charge in [0.2, 0.25) is 0 Å². The van der Waals surface area contributed by atoms with Gasteiger partial charge in [0.15, 0.2) is 19.0 Å². The normalized spacial score (nSPS) is 10.8. The molecule has 0 saturated carbocycles. The van der Waals surface area contributed by atoms with Crippen molar-refractivity contribution in [2.45, 2.75) is 46.3 Å². The Bertz CT molecular complexity index is 623. The molecule has 124 valence electrons. The van der Waals surface area contributed by atoms with E-state index in [1.165, 1.54) is 5.56 Å². The molecule has 0 atom stereocenters. The number of hydrogen-bond acceptors (Lipinski definition) is 6. The summed E-state index contributed by atoms with van der Waals surface area (Å²) in [5, 5.41) is 11.2. The summed E-state index contributed by atoms with van der Waals surface area (Å²) in [5.74, 6) is 1.18. The monoisotopic (exact) mass is 318 g/mol. The highest BCUT2D eigenvalue weighted by molar-refractivity contribution is 5.71. The molecule has 0 aliphatic heterocycles. The summed E-state index contributed by atoms with van der Waals surface area (Å²) in [4.78, 5) is 11.7. The molecule has 0 fully saturated rings. The van der Waals surface area contributed by atoms with Crippen molar-refractivity contribution in [1.82, 2.24) is 20.2 Å². The van der Waals surface area contributed by atoms with E-state index < -0.39 is 5.97 Å². The maximum absolute atomic E-state index is 11.7. The van der Waals surface area contributed by atoms with Gasteiger partial charge in [0.25, 0.3) is 0 Å². The third-order valence-electron chi connectivity index (χ3n) is 3.31. The number of ether oxygens (including phenoxy) is 2. The largest absolute Gasteiger partial charge is 0.482 e. The highest BCUT2D eigenvalue weighted by Crippen LogP contribution is 2.18. The van der Waals surface area contributed by atoms with Crippen molar-refractivity contribution < 1.29 is 14.3 Å². The first kappa shape index (κ1) is 16.9. The average Bonchev–Trinajstić information content (AvgIpc) is 2.99. The Balaban J connectivity index is 1.77. The third-order valence-corrected chi connectivity index (χ3v) is 3.31. The number of hydrogen-bond donors (Lipinski definition) is 0. The molecule has 0 amide bonds. The van der Waals surface area contributed by atoms with Crippen LogP contribution in [-0.4, -0.2) is 32.8 Å². The van der Waals surface area contributed by atoms with Crippen LogP contribution >= 0.6 is 0 Å². The van der Waals surface area contributed by atoms with Gasteiger partial charge in [-0.1, -0.05) is 32.9 Å². The Morgan fingerprint density at radius 2 is 2.00 bits per heavy atom. The van der Waals surface area contributed by atoms with Crippen LogP contribution in [0.1, 0.15) is 44.5 Å². The number of carbonyl (C=O) groups is 1. The molecule has 0 N–H and O–H groups in total. The van der Waals surface area contributed by atoms with Crippen LogP contribution in [0, 0.1) is 0 Å². The van der Waals surface area contributed by atoms with Gasteiger partial charge in [-0.25, -0.2) is 9.48 Å². The zero-order valence-corrected chi connectivity index (χ0v) is 13.7. The van der Waals surface area contributed by atoms with Crippen LogP contribution in [0.5, 0.6) is 5.75 Å². The van der Waals surface area contributed by atoms with E-state index >= 15 is 0 Å². The molecule has 0 unspecified atom stereocenters. The van der Waals surface area contributed by atoms with Crippen LogP contribution in [0.2, 0.25) is 0 Å². The molecule has 7 nitrogen and oxygen atoms in total. The Kier molecular flexibility index (Phi) is 6.08. The molecule has 0 saturated heterocycles. The van der Waals surface area contributed by atoms with Crippen molar-refractivity contribution in [3.8, 4) is 5.75 Å². The van der Waals surface area contributed by atoms with Gasteiger partial charge in [-0.2, -0.15) is 0 Å². The molecule has 0 aliphatic carbocycles. The number of aryl methyl sites for hydroxylation is 1. The van der Waals surface area contributed by atoms with Gasteiger partial charge in [0.05, 0.1) is 0 Å². The van der Waals surface area contributed by atoms with Gasteiger partial charge in [-0.15, -0.1) is 5.10 Å². The average molecular weight is 318 g/mol. The molecule has 0 bridgehead atoms. The van der Waals surface area contributed by atoms with Gasteiger partial charge in [0, 0.05) is 6.54 Å². The zero-order valence-electron chi connectivity index (χ0n) is 13.7. The predicted molar refractivity (Wildman–Crippen MR) is 83.9 cm³/mol. The summed E-state index contributed by atoms with van der Waals surface area (Å²) < 4.78 is 12.2. The van der Waals surface area contributed by atoms with Gasteiger partial charge in [0.1, 0.15) is 5.75 Å². The molecular formula is C16H22N4O3. The fourth-order valence-corrected chi connectivity index (χ4v) is 1.99. The van der Waals surface area contributed by atoms with Gasteiger partial charge in [-0.05, 0) is 40.5 Å². The van der Waals surface area contributed by atoms with E-state index in [0.29, 0.717) is 24.0 Å². The molecule has 1 aromatic heterocycles. The van der Waals surface area contributed by atoms with Crippen molar-refractivity contribution in [2.75, 3.05) is 6.61 Å². The number of tetrazole rings is 1. The van der Waals surface area contributed by atoms with Crippen LogP contribution in [0.25, 0.3) is 0 Å². The second kappa shape index (κ2) is 8.26. The Morgan fingerprint density at radius 1 is 1.26 bits per heavy atom. The summed E-state index contributed by atoms with van der Waals surface area (Å²) in [6.07, 6.45) is 0.904. The summed E-state index contributed by atoms with van der Waals surface area (Å²) in [6, 6.07) is 7.68. The van der Waals surface area contributed by atoms with Crippen molar-refractivity contribution in [3.63, 3.8) is 0 Å². The van der Waals surface area contributed by atoms with Crippen molar-refractivity contribution >= 4 is 5.97 Å². The minimum absolute atomic E-state index is 0.0431. The predicted octanol–water partition coefficient (Wildman–Crippen LogP) is 2.33.